The van der Waals surface area contributed by atoms with E-state index in [4.69, 9.17) is 0 Å². The van der Waals surface area contributed by atoms with Gasteiger partial charge < -0.3 is 4.98 Å². The predicted octanol–water partition coefficient (Wildman–Crippen LogP) is 6.57. The second-order valence-corrected chi connectivity index (χ2v) is 8.21. The molecule has 37 heavy (non-hydrogen) atoms. The molecule has 0 fully saturated rings. The maximum absolute atomic E-state index is 14.1. The molecule has 0 radical (unpaired) electrons. The van der Waals surface area contributed by atoms with Crippen molar-refractivity contribution in [2.75, 3.05) is 0 Å². The molecule has 4 aromatic rings. The van der Waals surface area contributed by atoms with Gasteiger partial charge in [-0.05, 0) is 42.9 Å². The van der Waals surface area contributed by atoms with E-state index in [2.05, 4.69) is 21.1 Å². The molecule has 0 spiro atoms. The molecule has 4 nitrogen and oxygen atoms in total. The largest absolute Gasteiger partial charge is 2.00 e. The molecule has 4 rings (SSSR count). The van der Waals surface area contributed by atoms with Gasteiger partial charge in [0.2, 0.25) is 0 Å². The maximum Gasteiger partial charge on any atom is 2.00 e. The van der Waals surface area contributed by atoms with E-state index in [9.17, 15) is 35.1 Å². The first-order valence-corrected chi connectivity index (χ1v) is 10.2. The smallest absolute Gasteiger partial charge is 0.300 e. The van der Waals surface area contributed by atoms with Gasteiger partial charge in [0, 0.05) is 11.9 Å². The Morgan fingerprint density at radius 1 is 0.838 bits per heavy atom. The average Bonchev–Trinajstić information content (AvgIpc) is 3.29. The van der Waals surface area contributed by atoms with Crippen LogP contribution < -0.4 is 0 Å². The quantitative estimate of drug-likeness (QED) is 0.137. The summed E-state index contributed by atoms with van der Waals surface area (Å²) >= 11 is 0. The van der Waals surface area contributed by atoms with Crippen molar-refractivity contribution in [3.8, 4) is 16.9 Å². The Morgan fingerprint density at radius 2 is 1.54 bits per heavy atom. The molecule has 0 aliphatic rings. The van der Waals surface area contributed by atoms with E-state index in [1.54, 1.807) is 26.0 Å². The monoisotopic (exact) mass is 705 g/mol. The van der Waals surface area contributed by atoms with Crippen LogP contribution in [0.5, 0.6) is 0 Å². The van der Waals surface area contributed by atoms with Gasteiger partial charge in [-0.2, -0.15) is 43.6 Å². The van der Waals surface area contributed by atoms with Crippen molar-refractivity contribution in [1.82, 2.24) is 19.7 Å². The minimum atomic E-state index is -5.10. The van der Waals surface area contributed by atoms with Crippen LogP contribution in [-0.4, -0.2) is 19.7 Å². The fourth-order valence-electron chi connectivity index (χ4n) is 3.45. The van der Waals surface area contributed by atoms with Crippen LogP contribution in [0.1, 0.15) is 36.4 Å². The van der Waals surface area contributed by atoms with Crippen molar-refractivity contribution in [1.29, 1.82) is 0 Å². The third-order valence-electron chi connectivity index (χ3n) is 5.40. The number of aromatic nitrogens is 4. The number of halogens is 8. The number of alkyl halides is 6. The molecule has 0 N–H and O–H groups in total. The molecule has 1 aromatic carbocycles. The van der Waals surface area contributed by atoms with Crippen LogP contribution >= 0.6 is 0 Å². The number of hydrogen-bond acceptors (Lipinski definition) is 3. The van der Waals surface area contributed by atoms with Crippen LogP contribution in [0.25, 0.3) is 16.9 Å². The predicted molar refractivity (Wildman–Crippen MR) is 111 cm³/mol. The van der Waals surface area contributed by atoms with Crippen molar-refractivity contribution >= 4 is 0 Å². The molecule has 0 aliphatic heterocycles. The number of pyridine rings is 2. The summed E-state index contributed by atoms with van der Waals surface area (Å²) in [5.74, 6) is -2.18. The van der Waals surface area contributed by atoms with Gasteiger partial charge in [-0.3, -0.25) is 9.67 Å². The number of rotatable bonds is 4. The Labute approximate surface area is 219 Å². The van der Waals surface area contributed by atoms with Crippen LogP contribution in [0, 0.1) is 24.0 Å². The molecule has 0 saturated carbocycles. The summed E-state index contributed by atoms with van der Waals surface area (Å²) in [7, 11) is 0. The van der Waals surface area contributed by atoms with Crippen LogP contribution in [0.2, 0.25) is 0 Å². The van der Waals surface area contributed by atoms with Crippen molar-refractivity contribution in [2.24, 2.45) is 0 Å². The topological polar surface area (TPSA) is 43.6 Å². The Morgan fingerprint density at radius 3 is 2.16 bits per heavy atom. The first-order chi connectivity index (χ1) is 16.7. The second kappa shape index (κ2) is 9.96. The summed E-state index contributed by atoms with van der Waals surface area (Å²) in [6.45, 7) is 3.30. The van der Waals surface area contributed by atoms with Gasteiger partial charge >= 0.3 is 33.4 Å². The molecule has 3 aromatic heterocycles. The molecule has 3 heterocycles. The summed E-state index contributed by atoms with van der Waals surface area (Å²) in [4.78, 5) is 7.46. The third-order valence-corrected chi connectivity index (χ3v) is 5.40. The van der Waals surface area contributed by atoms with E-state index < -0.39 is 46.5 Å². The van der Waals surface area contributed by atoms with Gasteiger partial charge in [-0.25, -0.2) is 8.78 Å². The fraction of sp³-hybridized carbons (Fsp3) is 0.208. The number of nitrogens with zero attached hydrogens (tertiary/aromatic N) is 4. The van der Waals surface area contributed by atoms with Crippen LogP contribution in [0.4, 0.5) is 35.1 Å². The normalized spacial score (nSPS) is 12.4. The molecule has 0 unspecified atom stereocenters. The molecular formula is C24H14F8N4Pt. The van der Waals surface area contributed by atoms with Gasteiger partial charge in [-0.1, -0.05) is 29.3 Å². The molecule has 0 bridgehead atoms. The van der Waals surface area contributed by atoms with Crippen molar-refractivity contribution < 1.29 is 56.2 Å². The van der Waals surface area contributed by atoms with Gasteiger partial charge in [0.1, 0.15) is 11.9 Å². The van der Waals surface area contributed by atoms with E-state index in [1.165, 1.54) is 12.1 Å². The Kier molecular flexibility index (Phi) is 7.65. The SMILES string of the molecule is CC(C)(c1cccc(-c2[c-]cc(F)nc2F)n1)c1ccn(-c2[c-]cc(C(F)(F)F)cc2C(F)(F)F)n1.[Pt+2]. The number of hydrogen-bond donors (Lipinski definition) is 0. The number of benzene rings is 1. The van der Waals surface area contributed by atoms with Crippen LogP contribution in [-0.2, 0) is 38.8 Å². The third kappa shape index (κ3) is 5.74. The first-order valence-electron chi connectivity index (χ1n) is 10.2. The van der Waals surface area contributed by atoms with Gasteiger partial charge in [0.15, 0.2) is 0 Å². The van der Waals surface area contributed by atoms with Gasteiger partial charge in [0.25, 0.3) is 0 Å². The summed E-state index contributed by atoms with van der Waals surface area (Å²) in [5.41, 5.74) is -4.37. The Bertz CT molecular complexity index is 1430. The first kappa shape index (κ1) is 28.4. The van der Waals surface area contributed by atoms with Crippen LogP contribution in [0.15, 0.2) is 48.7 Å². The van der Waals surface area contributed by atoms with Gasteiger partial charge in [0.05, 0.1) is 11.1 Å². The minimum Gasteiger partial charge on any atom is -0.300 e. The zero-order valence-electron chi connectivity index (χ0n) is 18.7. The van der Waals surface area contributed by atoms with Crippen molar-refractivity contribution in [3.05, 3.63) is 95.2 Å². The van der Waals surface area contributed by atoms with Crippen molar-refractivity contribution in [2.45, 2.75) is 31.6 Å². The average molecular weight is 705 g/mol. The zero-order valence-corrected chi connectivity index (χ0v) is 21.0. The molecule has 0 amide bonds. The van der Waals surface area contributed by atoms with E-state index in [0.29, 0.717) is 11.8 Å². The molecule has 196 valence electrons. The molecular weight excluding hydrogens is 691 g/mol. The zero-order chi connectivity index (χ0) is 26.5. The van der Waals surface area contributed by atoms with E-state index in [0.717, 1.165) is 16.9 Å². The maximum atomic E-state index is 14.1. The van der Waals surface area contributed by atoms with E-state index in [1.807, 2.05) is 6.07 Å². The summed E-state index contributed by atoms with van der Waals surface area (Å²) in [6.07, 6.45) is -8.93. The molecule has 0 aliphatic carbocycles. The van der Waals surface area contributed by atoms with Gasteiger partial charge in [-0.15, -0.1) is 12.1 Å². The Hall–Kier alpha value is -3.14. The van der Waals surface area contributed by atoms with Crippen LogP contribution in [0.3, 0.4) is 0 Å². The second-order valence-electron chi connectivity index (χ2n) is 8.21. The van der Waals surface area contributed by atoms with E-state index in [-0.39, 0.29) is 44.1 Å². The Balaban J connectivity index is 0.00000380. The standard InChI is InChI=1S/C24H14F8N4.Pt/c1-22(2,18-5-3-4-16(33-18)14-7-9-20(25)34-21(14)26)19-10-11-36(35-19)17-8-6-13(23(27,28)29)12-15(17)24(30,31)32;/h3-6,9-12H,1-2H3;/q-2;+2. The fourth-order valence-corrected chi connectivity index (χ4v) is 3.45. The van der Waals surface area contributed by atoms with Crippen molar-refractivity contribution in [3.63, 3.8) is 0 Å². The molecule has 13 heteroatoms. The summed E-state index contributed by atoms with van der Waals surface area (Å²) in [5, 5.41) is 4.15. The minimum absolute atomic E-state index is 0. The van der Waals surface area contributed by atoms with E-state index >= 15 is 0 Å². The summed E-state index contributed by atoms with van der Waals surface area (Å²) < 4.78 is 108. The molecule has 0 atom stereocenters. The summed E-state index contributed by atoms with van der Waals surface area (Å²) in [6, 6.07) is 11.7. The molecule has 0 saturated heterocycles.